The zero-order valence-electron chi connectivity index (χ0n) is 10.8. The van der Waals surface area contributed by atoms with Crippen LogP contribution in [-0.2, 0) is 10.9 Å². The fourth-order valence-electron chi connectivity index (χ4n) is 2.18. The van der Waals surface area contributed by atoms with Gasteiger partial charge in [-0.05, 0) is 0 Å². The lowest BCUT2D eigenvalue weighted by Crippen LogP contribution is -2.39. The molecule has 3 N–H and O–H groups in total. The number of alkyl halides is 3. The van der Waals surface area contributed by atoms with Crippen molar-refractivity contribution in [1.29, 1.82) is 0 Å². The number of hydrogen-bond acceptors (Lipinski definition) is 5. The number of H-pyrrole nitrogens is 1. The highest BCUT2D eigenvalue weighted by molar-refractivity contribution is 5.09. The van der Waals surface area contributed by atoms with Crippen LogP contribution in [0.2, 0.25) is 0 Å². The topological polar surface area (TPSA) is 105 Å². The van der Waals surface area contributed by atoms with Gasteiger partial charge in [0.15, 0.2) is 6.23 Å². The van der Waals surface area contributed by atoms with Gasteiger partial charge in [0.05, 0.1) is 12.7 Å². The maximum atomic E-state index is 12.7. The summed E-state index contributed by atoms with van der Waals surface area (Å²) in [6, 6.07) is 0. The second-order valence-electron chi connectivity index (χ2n) is 4.80. The summed E-state index contributed by atoms with van der Waals surface area (Å²) in [6.45, 7) is 1.06. The molecule has 0 aromatic carbocycles. The molecule has 1 aromatic rings. The quantitative estimate of drug-likeness (QED) is 0.679. The molecular formula is C11H13F3N2O5. The first-order valence-electron chi connectivity index (χ1n) is 6.04. The second kappa shape index (κ2) is 5.28. The van der Waals surface area contributed by atoms with Gasteiger partial charge in [-0.15, -0.1) is 0 Å². The van der Waals surface area contributed by atoms with Crippen LogP contribution < -0.4 is 11.2 Å². The van der Waals surface area contributed by atoms with Crippen LogP contribution in [0.5, 0.6) is 0 Å². The first-order chi connectivity index (χ1) is 9.66. The van der Waals surface area contributed by atoms with E-state index in [4.69, 9.17) is 9.84 Å². The van der Waals surface area contributed by atoms with Crippen LogP contribution in [0.1, 0.15) is 18.7 Å². The van der Waals surface area contributed by atoms with Crippen LogP contribution in [0.15, 0.2) is 15.8 Å². The first-order valence-corrected chi connectivity index (χ1v) is 6.04. The van der Waals surface area contributed by atoms with Crippen LogP contribution in [0, 0.1) is 5.92 Å². The Labute approximate surface area is 115 Å². The lowest BCUT2D eigenvalue weighted by molar-refractivity contribution is -0.140. The predicted molar refractivity (Wildman–Crippen MR) is 62.5 cm³/mol. The summed E-state index contributed by atoms with van der Waals surface area (Å²) in [4.78, 5) is 24.4. The molecule has 1 fully saturated rings. The minimum Gasteiger partial charge on any atom is -0.394 e. The van der Waals surface area contributed by atoms with Gasteiger partial charge in [0.25, 0.3) is 5.56 Å². The molecule has 21 heavy (non-hydrogen) atoms. The van der Waals surface area contributed by atoms with Gasteiger partial charge in [-0.25, -0.2) is 4.79 Å². The van der Waals surface area contributed by atoms with E-state index in [1.165, 1.54) is 11.9 Å². The van der Waals surface area contributed by atoms with Crippen molar-refractivity contribution in [2.75, 3.05) is 6.61 Å². The van der Waals surface area contributed by atoms with E-state index in [0.29, 0.717) is 10.8 Å². The molecule has 10 heteroatoms. The normalized spacial score (nSPS) is 29.8. The van der Waals surface area contributed by atoms with Crippen molar-refractivity contribution >= 4 is 0 Å². The van der Waals surface area contributed by atoms with Crippen LogP contribution in [0.4, 0.5) is 13.2 Å². The van der Waals surface area contributed by atoms with Crippen LogP contribution in [0.3, 0.4) is 0 Å². The average molecular weight is 310 g/mol. The largest absolute Gasteiger partial charge is 0.423 e. The third-order valence-electron chi connectivity index (χ3n) is 3.46. The molecule has 1 saturated heterocycles. The number of nitrogens with zero attached hydrogens (tertiary/aromatic N) is 1. The number of aliphatic hydroxyl groups is 2. The molecule has 4 atom stereocenters. The first kappa shape index (κ1) is 15.7. The number of aromatic nitrogens is 2. The monoisotopic (exact) mass is 310 g/mol. The van der Waals surface area contributed by atoms with E-state index >= 15 is 0 Å². The molecule has 0 unspecified atom stereocenters. The number of rotatable bonds is 2. The molecule has 1 aliphatic rings. The molecule has 0 amide bonds. The maximum absolute atomic E-state index is 12.7. The number of aliphatic hydroxyl groups excluding tert-OH is 2. The van der Waals surface area contributed by atoms with Gasteiger partial charge in [-0.3, -0.25) is 14.3 Å². The van der Waals surface area contributed by atoms with E-state index in [1.807, 2.05) is 0 Å². The zero-order chi connectivity index (χ0) is 15.9. The standard InChI is InChI=1S/C11H13F3N2O5/c1-4-6(3-17)21-9(7(4)18)16-2-5(11(12,13)14)8(19)15-10(16)20/h2,4,6-7,9,17-18H,3H2,1H3,(H,15,19,20)/t4-,6-,7-,9-/m1/s1. The maximum Gasteiger partial charge on any atom is 0.423 e. The van der Waals surface area contributed by atoms with Gasteiger partial charge in [-0.2, -0.15) is 13.2 Å². The van der Waals surface area contributed by atoms with E-state index in [0.717, 1.165) is 0 Å². The Kier molecular flexibility index (Phi) is 3.95. The fraction of sp³-hybridized carbons (Fsp3) is 0.636. The summed E-state index contributed by atoms with van der Waals surface area (Å²) in [5.41, 5.74) is -4.27. The molecule has 0 radical (unpaired) electrons. The van der Waals surface area contributed by atoms with Crippen molar-refractivity contribution < 1.29 is 28.1 Å². The third kappa shape index (κ3) is 2.74. The molecule has 0 bridgehead atoms. The molecular weight excluding hydrogens is 297 g/mol. The molecule has 118 valence electrons. The Balaban J connectivity index is 2.50. The van der Waals surface area contributed by atoms with Gasteiger partial charge in [0, 0.05) is 12.1 Å². The molecule has 7 nitrogen and oxygen atoms in total. The Bertz CT molecular complexity index is 638. The average Bonchev–Trinajstić information content (AvgIpc) is 2.65. The van der Waals surface area contributed by atoms with E-state index in [1.54, 1.807) is 0 Å². The molecule has 0 spiro atoms. The van der Waals surface area contributed by atoms with Crippen LogP contribution in [-0.4, -0.2) is 38.6 Å². The van der Waals surface area contributed by atoms with Gasteiger partial charge in [0.2, 0.25) is 0 Å². The Hall–Kier alpha value is -1.65. The lowest BCUT2D eigenvalue weighted by atomic mass is 10.0. The molecule has 2 rings (SSSR count). The smallest absolute Gasteiger partial charge is 0.394 e. The highest BCUT2D eigenvalue weighted by Crippen LogP contribution is 2.33. The van der Waals surface area contributed by atoms with E-state index in [-0.39, 0.29) is 0 Å². The highest BCUT2D eigenvalue weighted by atomic mass is 19.4. The highest BCUT2D eigenvalue weighted by Gasteiger charge is 2.43. The van der Waals surface area contributed by atoms with Crippen molar-refractivity contribution in [2.45, 2.75) is 31.5 Å². The summed E-state index contributed by atoms with van der Waals surface area (Å²) in [5, 5.41) is 19.0. The van der Waals surface area contributed by atoms with Gasteiger partial charge < -0.3 is 14.9 Å². The summed E-state index contributed by atoms with van der Waals surface area (Å²) in [5.74, 6) is -0.590. The minimum absolute atomic E-state index is 0.307. The number of hydrogen-bond donors (Lipinski definition) is 3. The SMILES string of the molecule is C[C@H]1[C@@H](O)[C@H](n2cc(C(F)(F)F)c(=O)[nH]c2=O)O[C@@H]1CO. The zero-order valence-corrected chi connectivity index (χ0v) is 10.8. The molecule has 0 saturated carbocycles. The molecule has 1 aromatic heterocycles. The number of ether oxygens (including phenoxy) is 1. The fourth-order valence-corrected chi connectivity index (χ4v) is 2.18. The van der Waals surface area contributed by atoms with E-state index in [9.17, 15) is 27.9 Å². The number of aromatic amines is 1. The van der Waals surface area contributed by atoms with Gasteiger partial charge >= 0.3 is 11.9 Å². The third-order valence-corrected chi connectivity index (χ3v) is 3.46. The van der Waals surface area contributed by atoms with Crippen molar-refractivity contribution in [1.82, 2.24) is 9.55 Å². The van der Waals surface area contributed by atoms with E-state index in [2.05, 4.69) is 0 Å². The summed E-state index contributed by atoms with van der Waals surface area (Å²) in [7, 11) is 0. The second-order valence-corrected chi connectivity index (χ2v) is 4.80. The van der Waals surface area contributed by atoms with Crippen molar-refractivity contribution in [3.63, 3.8) is 0 Å². The van der Waals surface area contributed by atoms with Gasteiger partial charge in [-0.1, -0.05) is 6.92 Å². The Morgan fingerprint density at radius 3 is 2.52 bits per heavy atom. The molecule has 1 aliphatic heterocycles. The Morgan fingerprint density at radius 2 is 2.05 bits per heavy atom. The summed E-state index contributed by atoms with van der Waals surface area (Å²) in [6.07, 6.45) is -8.18. The van der Waals surface area contributed by atoms with Crippen LogP contribution >= 0.6 is 0 Å². The van der Waals surface area contributed by atoms with Crippen molar-refractivity contribution in [3.05, 3.63) is 32.6 Å². The summed E-state index contributed by atoms with van der Waals surface area (Å²) < 4.78 is 43.7. The number of nitrogens with one attached hydrogen (secondary N) is 1. The lowest BCUT2D eigenvalue weighted by Gasteiger charge is -2.18. The van der Waals surface area contributed by atoms with Crippen molar-refractivity contribution in [3.8, 4) is 0 Å². The number of halogens is 3. The Morgan fingerprint density at radius 1 is 1.43 bits per heavy atom. The van der Waals surface area contributed by atoms with Crippen LogP contribution in [0.25, 0.3) is 0 Å². The predicted octanol–water partition coefficient (Wildman–Crippen LogP) is -0.558. The molecule has 0 aliphatic carbocycles. The molecule has 2 heterocycles. The summed E-state index contributed by atoms with van der Waals surface area (Å²) >= 11 is 0. The van der Waals surface area contributed by atoms with Gasteiger partial charge in [0.1, 0.15) is 11.7 Å². The van der Waals surface area contributed by atoms with E-state index < -0.39 is 53.9 Å². The minimum atomic E-state index is -4.95. The van der Waals surface area contributed by atoms with Crippen molar-refractivity contribution in [2.24, 2.45) is 5.92 Å².